The third-order valence-electron chi connectivity index (χ3n) is 5.91. The molecule has 1 heterocycles. The van der Waals surface area contributed by atoms with Crippen LogP contribution < -0.4 is 15.4 Å². The maximum atomic E-state index is 11.3. The van der Waals surface area contributed by atoms with Gasteiger partial charge in [-0.15, -0.1) is 0 Å². The summed E-state index contributed by atoms with van der Waals surface area (Å²) in [5, 5.41) is 18.3. The Morgan fingerprint density at radius 3 is 2.64 bits per heavy atom. The highest BCUT2D eigenvalue weighted by molar-refractivity contribution is 5.45. The lowest BCUT2D eigenvalue weighted by Gasteiger charge is -2.39. The molecule has 0 aromatic heterocycles. The van der Waals surface area contributed by atoms with E-state index in [2.05, 4.69) is 41.0 Å². The fourth-order valence-corrected chi connectivity index (χ4v) is 4.60. The molecular formula is C21H26N2O2. The van der Waals surface area contributed by atoms with E-state index in [1.165, 1.54) is 11.1 Å². The van der Waals surface area contributed by atoms with Crippen molar-refractivity contribution in [3.05, 3.63) is 65.2 Å². The van der Waals surface area contributed by atoms with Crippen LogP contribution >= 0.6 is 0 Å². The number of methoxy groups -OCH3 is 1. The molecule has 1 spiro atoms. The second-order valence-corrected chi connectivity index (χ2v) is 7.11. The van der Waals surface area contributed by atoms with Crippen molar-refractivity contribution < 1.29 is 9.84 Å². The van der Waals surface area contributed by atoms with Crippen LogP contribution in [0.25, 0.3) is 0 Å². The molecule has 25 heavy (non-hydrogen) atoms. The van der Waals surface area contributed by atoms with Gasteiger partial charge in [0.1, 0.15) is 5.75 Å². The van der Waals surface area contributed by atoms with Gasteiger partial charge >= 0.3 is 0 Å². The Morgan fingerprint density at radius 2 is 1.84 bits per heavy atom. The van der Waals surface area contributed by atoms with Crippen molar-refractivity contribution >= 4 is 0 Å². The van der Waals surface area contributed by atoms with Crippen molar-refractivity contribution in [2.75, 3.05) is 20.2 Å². The highest BCUT2D eigenvalue weighted by Gasteiger charge is 2.51. The van der Waals surface area contributed by atoms with E-state index >= 15 is 0 Å². The Hall–Kier alpha value is -1.88. The fourth-order valence-electron chi connectivity index (χ4n) is 4.60. The van der Waals surface area contributed by atoms with Crippen LogP contribution in [0.15, 0.2) is 48.5 Å². The number of hydrogen-bond acceptors (Lipinski definition) is 4. The first-order chi connectivity index (χ1) is 12.3. The molecule has 1 aliphatic carbocycles. The second-order valence-electron chi connectivity index (χ2n) is 7.11. The topological polar surface area (TPSA) is 53.5 Å². The van der Waals surface area contributed by atoms with Crippen molar-refractivity contribution in [2.24, 2.45) is 0 Å². The van der Waals surface area contributed by atoms with Gasteiger partial charge in [0, 0.05) is 17.5 Å². The molecular weight excluding hydrogens is 312 g/mol. The molecule has 1 saturated heterocycles. The van der Waals surface area contributed by atoms with Crippen molar-refractivity contribution in [1.29, 1.82) is 0 Å². The van der Waals surface area contributed by atoms with E-state index in [1.54, 1.807) is 7.11 Å². The van der Waals surface area contributed by atoms with Crippen molar-refractivity contribution in [3.63, 3.8) is 0 Å². The second kappa shape index (κ2) is 6.79. The number of ether oxygens (including phenoxy) is 1. The molecule has 0 bridgehead atoms. The molecule has 1 fully saturated rings. The standard InChI is InChI=1S/C21H26N2O2/c1-25-18-9-5-2-6-15(18)14-23-19-16-7-3-4-8-17(16)21(20(19)24)10-12-22-13-11-21/h2-9,19-20,22-24H,10-14H2,1H3/t19-,20+/m1/s1. The quantitative estimate of drug-likeness (QED) is 0.802. The van der Waals surface area contributed by atoms with E-state index in [0.29, 0.717) is 6.54 Å². The molecule has 132 valence electrons. The smallest absolute Gasteiger partial charge is 0.123 e. The lowest BCUT2D eigenvalue weighted by Crippen LogP contribution is -2.47. The van der Waals surface area contributed by atoms with E-state index in [4.69, 9.17) is 4.74 Å². The Bertz CT molecular complexity index is 740. The zero-order chi connectivity index (χ0) is 17.3. The zero-order valence-electron chi connectivity index (χ0n) is 14.7. The first kappa shape index (κ1) is 16.6. The SMILES string of the molecule is COc1ccccc1CN[C@@H]1c2ccccc2C2(CCNCC2)[C@H]1O. The molecule has 0 unspecified atom stereocenters. The van der Waals surface area contributed by atoms with Crippen molar-refractivity contribution in [2.45, 2.75) is 36.9 Å². The number of para-hydroxylation sites is 1. The van der Waals surface area contributed by atoms with Crippen LogP contribution in [-0.4, -0.2) is 31.4 Å². The lowest BCUT2D eigenvalue weighted by atomic mass is 9.72. The summed E-state index contributed by atoms with van der Waals surface area (Å²) in [4.78, 5) is 0. The summed E-state index contributed by atoms with van der Waals surface area (Å²) in [6.45, 7) is 2.60. The zero-order valence-corrected chi connectivity index (χ0v) is 14.7. The molecule has 3 N–H and O–H groups in total. The first-order valence-electron chi connectivity index (χ1n) is 9.10. The molecule has 0 radical (unpaired) electrons. The summed E-state index contributed by atoms with van der Waals surface area (Å²) in [6.07, 6.45) is 1.57. The minimum atomic E-state index is -0.401. The van der Waals surface area contributed by atoms with Gasteiger partial charge in [-0.1, -0.05) is 42.5 Å². The van der Waals surface area contributed by atoms with Gasteiger partial charge in [0.25, 0.3) is 0 Å². The van der Waals surface area contributed by atoms with Crippen molar-refractivity contribution in [3.8, 4) is 5.75 Å². The number of aliphatic hydroxyl groups excluding tert-OH is 1. The van der Waals surface area contributed by atoms with Crippen LogP contribution in [0.5, 0.6) is 5.75 Å². The van der Waals surface area contributed by atoms with Crippen molar-refractivity contribution in [1.82, 2.24) is 10.6 Å². The van der Waals surface area contributed by atoms with Gasteiger partial charge in [-0.2, -0.15) is 0 Å². The Labute approximate surface area is 149 Å². The number of nitrogens with one attached hydrogen (secondary N) is 2. The summed E-state index contributed by atoms with van der Waals surface area (Å²) in [6, 6.07) is 16.5. The van der Waals surface area contributed by atoms with E-state index < -0.39 is 6.10 Å². The van der Waals surface area contributed by atoms with E-state index in [9.17, 15) is 5.11 Å². The lowest BCUT2D eigenvalue weighted by molar-refractivity contribution is 0.0438. The summed E-state index contributed by atoms with van der Waals surface area (Å²) in [5.41, 5.74) is 3.55. The number of fused-ring (bicyclic) bond motifs is 2. The largest absolute Gasteiger partial charge is 0.496 e. The molecule has 2 aromatic carbocycles. The number of benzene rings is 2. The number of piperidine rings is 1. The third kappa shape index (κ3) is 2.74. The highest BCUT2D eigenvalue weighted by atomic mass is 16.5. The van der Waals surface area contributed by atoms with Gasteiger partial charge in [-0.05, 0) is 43.1 Å². The average Bonchev–Trinajstić information content (AvgIpc) is 2.89. The molecule has 2 aliphatic rings. The summed E-state index contributed by atoms with van der Waals surface area (Å²) < 4.78 is 5.46. The molecule has 4 rings (SSSR count). The van der Waals surface area contributed by atoms with Crippen LogP contribution in [0.4, 0.5) is 0 Å². The van der Waals surface area contributed by atoms with E-state index in [0.717, 1.165) is 37.2 Å². The van der Waals surface area contributed by atoms with Gasteiger partial charge in [0.05, 0.1) is 19.3 Å². The third-order valence-corrected chi connectivity index (χ3v) is 5.91. The summed E-state index contributed by atoms with van der Waals surface area (Å²) in [5.74, 6) is 0.882. The maximum absolute atomic E-state index is 11.3. The van der Waals surface area contributed by atoms with Crippen LogP contribution in [0, 0.1) is 0 Å². The van der Waals surface area contributed by atoms with E-state index in [1.807, 2.05) is 18.2 Å². The molecule has 0 saturated carbocycles. The average molecular weight is 338 g/mol. The molecule has 2 aromatic rings. The maximum Gasteiger partial charge on any atom is 0.123 e. The fraction of sp³-hybridized carbons (Fsp3) is 0.429. The molecule has 0 amide bonds. The summed E-state index contributed by atoms with van der Waals surface area (Å²) in [7, 11) is 1.70. The van der Waals surface area contributed by atoms with Crippen LogP contribution in [0.3, 0.4) is 0 Å². The number of rotatable bonds is 4. The number of hydrogen-bond donors (Lipinski definition) is 3. The monoisotopic (exact) mass is 338 g/mol. The number of aliphatic hydroxyl groups is 1. The Kier molecular flexibility index (Phi) is 4.50. The van der Waals surface area contributed by atoms with Gasteiger partial charge in [0.2, 0.25) is 0 Å². The first-order valence-corrected chi connectivity index (χ1v) is 9.10. The molecule has 4 heteroatoms. The normalized spacial score (nSPS) is 24.2. The molecule has 1 aliphatic heterocycles. The van der Waals surface area contributed by atoms with Crippen LogP contribution in [0.2, 0.25) is 0 Å². The minimum absolute atomic E-state index is 0.0424. The van der Waals surface area contributed by atoms with Gasteiger partial charge in [-0.3, -0.25) is 0 Å². The van der Waals surface area contributed by atoms with Gasteiger partial charge in [-0.25, -0.2) is 0 Å². The summed E-state index contributed by atoms with van der Waals surface area (Å²) >= 11 is 0. The molecule has 2 atom stereocenters. The Balaban J connectivity index is 1.62. The van der Waals surface area contributed by atoms with Crippen LogP contribution in [-0.2, 0) is 12.0 Å². The van der Waals surface area contributed by atoms with E-state index in [-0.39, 0.29) is 11.5 Å². The highest BCUT2D eigenvalue weighted by Crippen LogP contribution is 2.50. The molecule has 4 nitrogen and oxygen atoms in total. The van der Waals surface area contributed by atoms with Gasteiger partial charge < -0.3 is 20.5 Å². The van der Waals surface area contributed by atoms with Crippen LogP contribution in [0.1, 0.15) is 35.6 Å². The minimum Gasteiger partial charge on any atom is -0.496 e. The Morgan fingerprint density at radius 1 is 1.12 bits per heavy atom. The predicted molar refractivity (Wildman–Crippen MR) is 98.8 cm³/mol. The van der Waals surface area contributed by atoms with Gasteiger partial charge in [0.15, 0.2) is 0 Å². The predicted octanol–water partition coefficient (Wildman–Crippen LogP) is 2.52.